The highest BCUT2D eigenvalue weighted by Gasteiger charge is 2.13. The summed E-state index contributed by atoms with van der Waals surface area (Å²) in [5.41, 5.74) is 0.681. The van der Waals surface area contributed by atoms with E-state index in [1.165, 1.54) is 0 Å². The number of carboxylic acids is 1. The second-order valence-electron chi connectivity index (χ2n) is 4.06. The summed E-state index contributed by atoms with van der Waals surface area (Å²) >= 11 is 6.03. The first kappa shape index (κ1) is 13.5. The van der Waals surface area contributed by atoms with Crippen LogP contribution in [-0.2, 0) is 11.3 Å². The molecule has 0 aliphatic rings. The lowest BCUT2D eigenvalue weighted by atomic mass is 10.2. The van der Waals surface area contributed by atoms with E-state index < -0.39 is 5.97 Å². The molecule has 1 aromatic carbocycles. The van der Waals surface area contributed by atoms with Gasteiger partial charge in [-0.25, -0.2) is 0 Å². The third-order valence-corrected chi connectivity index (χ3v) is 2.72. The number of carbonyl (C=O) groups is 1. The summed E-state index contributed by atoms with van der Waals surface area (Å²) in [6.45, 7) is 0.174. The van der Waals surface area contributed by atoms with Crippen LogP contribution in [-0.4, -0.2) is 39.7 Å². The zero-order valence-corrected chi connectivity index (χ0v) is 11.0. The Kier molecular flexibility index (Phi) is 4.13. The van der Waals surface area contributed by atoms with Crippen molar-refractivity contribution in [3.63, 3.8) is 0 Å². The highest BCUT2D eigenvalue weighted by Crippen LogP contribution is 2.24. The Morgan fingerprint density at radius 2 is 2.21 bits per heavy atom. The number of aliphatic carboxylic acids is 1. The Labute approximate surface area is 114 Å². The average molecular weight is 282 g/mol. The van der Waals surface area contributed by atoms with Gasteiger partial charge >= 0.3 is 5.97 Å². The van der Waals surface area contributed by atoms with Gasteiger partial charge in [0.15, 0.2) is 0 Å². The Morgan fingerprint density at radius 1 is 1.47 bits per heavy atom. The fraction of sp³-hybridized carbons (Fsp3) is 0.250. The van der Waals surface area contributed by atoms with Gasteiger partial charge in [-0.05, 0) is 19.2 Å². The fourth-order valence-electron chi connectivity index (χ4n) is 1.59. The largest absolute Gasteiger partial charge is 0.480 e. The lowest BCUT2D eigenvalue weighted by Crippen LogP contribution is -2.25. The summed E-state index contributed by atoms with van der Waals surface area (Å²) in [6.07, 6.45) is 0. The molecule has 1 heterocycles. The van der Waals surface area contributed by atoms with E-state index in [9.17, 15) is 4.79 Å². The maximum Gasteiger partial charge on any atom is 0.317 e. The lowest BCUT2D eigenvalue weighted by molar-refractivity contribution is -0.138. The van der Waals surface area contributed by atoms with Crippen LogP contribution in [0, 0.1) is 0 Å². The first-order valence-corrected chi connectivity index (χ1v) is 5.92. The normalized spacial score (nSPS) is 10.9. The molecular formula is C12H12ClN3O3. The van der Waals surface area contributed by atoms with Crippen LogP contribution in [0.4, 0.5) is 0 Å². The summed E-state index contributed by atoms with van der Waals surface area (Å²) in [4.78, 5) is 16.3. The van der Waals surface area contributed by atoms with Crippen LogP contribution >= 0.6 is 11.6 Å². The van der Waals surface area contributed by atoms with Crippen LogP contribution in [0.3, 0.4) is 0 Å². The maximum atomic E-state index is 10.5. The molecule has 0 saturated carbocycles. The Hall–Kier alpha value is -1.92. The van der Waals surface area contributed by atoms with Gasteiger partial charge in [-0.2, -0.15) is 4.98 Å². The topological polar surface area (TPSA) is 79.5 Å². The molecule has 0 atom stereocenters. The van der Waals surface area contributed by atoms with E-state index in [0.717, 1.165) is 0 Å². The zero-order chi connectivity index (χ0) is 13.8. The van der Waals surface area contributed by atoms with E-state index in [0.29, 0.717) is 22.3 Å². The van der Waals surface area contributed by atoms with Gasteiger partial charge in [0, 0.05) is 5.56 Å². The summed E-state index contributed by atoms with van der Waals surface area (Å²) in [5, 5.41) is 13.0. The van der Waals surface area contributed by atoms with Crippen LogP contribution in [0.5, 0.6) is 0 Å². The van der Waals surface area contributed by atoms with Crippen molar-refractivity contribution in [2.45, 2.75) is 6.54 Å². The Bertz CT molecular complexity index is 585. The second-order valence-corrected chi connectivity index (χ2v) is 4.46. The first-order chi connectivity index (χ1) is 9.06. The van der Waals surface area contributed by atoms with Crippen molar-refractivity contribution in [2.24, 2.45) is 0 Å². The van der Waals surface area contributed by atoms with E-state index >= 15 is 0 Å². The molecule has 2 rings (SSSR count). The molecule has 0 bridgehead atoms. The molecule has 19 heavy (non-hydrogen) atoms. The van der Waals surface area contributed by atoms with Gasteiger partial charge < -0.3 is 9.63 Å². The maximum absolute atomic E-state index is 10.5. The number of hydrogen-bond donors (Lipinski definition) is 1. The molecule has 0 spiro atoms. The Balaban J connectivity index is 2.11. The highest BCUT2D eigenvalue weighted by molar-refractivity contribution is 6.33. The van der Waals surface area contributed by atoms with Crippen molar-refractivity contribution in [1.29, 1.82) is 0 Å². The molecule has 0 radical (unpaired) electrons. The van der Waals surface area contributed by atoms with Crippen molar-refractivity contribution in [3.05, 3.63) is 35.2 Å². The van der Waals surface area contributed by atoms with Crippen LogP contribution in [0.1, 0.15) is 5.89 Å². The summed E-state index contributed by atoms with van der Waals surface area (Å²) in [6, 6.07) is 7.17. The van der Waals surface area contributed by atoms with Crippen molar-refractivity contribution >= 4 is 17.6 Å². The zero-order valence-electron chi connectivity index (χ0n) is 10.2. The third-order valence-electron chi connectivity index (χ3n) is 2.39. The third kappa shape index (κ3) is 3.52. The molecule has 1 N–H and O–H groups in total. The standard InChI is InChI=1S/C12H12ClN3O3/c1-16(7-11(17)18)6-10-14-12(15-19-10)8-4-2-3-5-9(8)13/h2-5H,6-7H2,1H3,(H,17,18). The second kappa shape index (κ2) is 5.81. The minimum Gasteiger partial charge on any atom is -0.480 e. The highest BCUT2D eigenvalue weighted by atomic mass is 35.5. The van der Waals surface area contributed by atoms with Gasteiger partial charge in [-0.3, -0.25) is 9.69 Å². The Morgan fingerprint density at radius 3 is 2.89 bits per heavy atom. The number of aromatic nitrogens is 2. The van der Waals surface area contributed by atoms with Gasteiger partial charge in [0.1, 0.15) is 0 Å². The number of halogens is 1. The molecule has 1 aromatic heterocycles. The summed E-state index contributed by atoms with van der Waals surface area (Å²) in [5.74, 6) is -0.170. The molecule has 0 fully saturated rings. The summed E-state index contributed by atoms with van der Waals surface area (Å²) < 4.78 is 5.07. The number of rotatable bonds is 5. The van der Waals surface area contributed by atoms with Gasteiger partial charge in [0.05, 0.1) is 18.1 Å². The average Bonchev–Trinajstić information content (AvgIpc) is 2.76. The quantitative estimate of drug-likeness (QED) is 0.902. The van der Waals surface area contributed by atoms with Crippen LogP contribution in [0.2, 0.25) is 5.02 Å². The van der Waals surface area contributed by atoms with Crippen LogP contribution in [0.15, 0.2) is 28.8 Å². The minimum absolute atomic E-state index is 0.0934. The molecule has 0 saturated heterocycles. The molecule has 0 amide bonds. The molecule has 7 heteroatoms. The minimum atomic E-state index is -0.909. The van der Waals surface area contributed by atoms with E-state index in [1.54, 1.807) is 24.1 Å². The van der Waals surface area contributed by atoms with Gasteiger partial charge in [-0.15, -0.1) is 0 Å². The number of benzene rings is 1. The van der Waals surface area contributed by atoms with E-state index in [-0.39, 0.29) is 13.1 Å². The van der Waals surface area contributed by atoms with Gasteiger partial charge in [0.2, 0.25) is 11.7 Å². The number of hydrogen-bond acceptors (Lipinski definition) is 5. The van der Waals surface area contributed by atoms with E-state index in [1.807, 2.05) is 12.1 Å². The molecule has 0 aliphatic heterocycles. The first-order valence-electron chi connectivity index (χ1n) is 5.54. The molecule has 0 unspecified atom stereocenters. The predicted octanol–water partition coefficient (Wildman–Crippen LogP) is 1.91. The van der Waals surface area contributed by atoms with E-state index in [2.05, 4.69) is 10.1 Å². The SMILES string of the molecule is CN(CC(=O)O)Cc1nc(-c2ccccc2Cl)no1. The monoisotopic (exact) mass is 281 g/mol. The van der Waals surface area contributed by atoms with Crippen molar-refractivity contribution < 1.29 is 14.4 Å². The van der Waals surface area contributed by atoms with Crippen molar-refractivity contribution in [3.8, 4) is 11.4 Å². The smallest absolute Gasteiger partial charge is 0.317 e. The van der Waals surface area contributed by atoms with Crippen LogP contribution in [0.25, 0.3) is 11.4 Å². The molecule has 0 aliphatic carbocycles. The molecule has 2 aromatic rings. The number of nitrogens with zero attached hydrogens (tertiary/aromatic N) is 3. The molecule has 100 valence electrons. The number of carboxylic acid groups (broad SMARTS) is 1. The van der Waals surface area contributed by atoms with Crippen molar-refractivity contribution in [1.82, 2.24) is 15.0 Å². The molecule has 6 nitrogen and oxygen atoms in total. The molecular weight excluding hydrogens is 270 g/mol. The van der Waals surface area contributed by atoms with Crippen LogP contribution < -0.4 is 0 Å². The van der Waals surface area contributed by atoms with Gasteiger partial charge in [0.25, 0.3) is 0 Å². The van der Waals surface area contributed by atoms with Gasteiger partial charge in [-0.1, -0.05) is 28.9 Å². The predicted molar refractivity (Wildman–Crippen MR) is 68.7 cm³/mol. The number of likely N-dealkylation sites (N-methyl/N-ethyl adjacent to an activating group) is 1. The fourth-order valence-corrected chi connectivity index (χ4v) is 1.81. The lowest BCUT2D eigenvalue weighted by Gasteiger charge is -2.09. The van der Waals surface area contributed by atoms with E-state index in [4.69, 9.17) is 21.2 Å². The summed E-state index contributed by atoms with van der Waals surface area (Å²) in [7, 11) is 1.66. The van der Waals surface area contributed by atoms with Crippen molar-refractivity contribution in [2.75, 3.05) is 13.6 Å².